The minimum atomic E-state index is 0.642. The van der Waals surface area contributed by atoms with Crippen LogP contribution in [0.15, 0.2) is 247 Å². The summed E-state index contributed by atoms with van der Waals surface area (Å²) in [7, 11) is 13.2. The monoisotopic (exact) mass is 1630 g/mol. The molecule has 0 unspecified atom stereocenters. The lowest BCUT2D eigenvalue weighted by atomic mass is 10.1. The van der Waals surface area contributed by atoms with Crippen LogP contribution >= 0.6 is 11.8 Å². The number of benzene rings is 7. The van der Waals surface area contributed by atoms with E-state index in [1.165, 1.54) is 137 Å². The summed E-state index contributed by atoms with van der Waals surface area (Å²) in [6.45, 7) is 44.2. The van der Waals surface area contributed by atoms with E-state index >= 15 is 0 Å². The number of hydrogen-bond donors (Lipinski definition) is 0. The fraction of sp³-hybridized carbons (Fsp3) is 0.520. The average Bonchev–Trinajstić information content (AvgIpc) is 1.46. The fourth-order valence-electron chi connectivity index (χ4n) is 13.8. The van der Waals surface area contributed by atoms with E-state index in [0.29, 0.717) is 6.61 Å². The quantitative estimate of drug-likeness (QED) is 0.105. The summed E-state index contributed by atoms with van der Waals surface area (Å²) in [6.07, 6.45) is 17.3. The first-order valence-electron chi connectivity index (χ1n) is 45.2. The van der Waals surface area contributed by atoms with E-state index in [2.05, 4.69) is 276 Å². The zero-order chi connectivity index (χ0) is 86.9. The van der Waals surface area contributed by atoms with E-state index in [4.69, 9.17) is 4.74 Å². The minimum absolute atomic E-state index is 0.642. The Hall–Kier alpha value is -8.86. The highest BCUT2D eigenvalue weighted by molar-refractivity contribution is 8.00. The summed E-state index contributed by atoms with van der Waals surface area (Å²) >= 11 is 1.97. The van der Waals surface area contributed by atoms with Crippen molar-refractivity contribution >= 4 is 52.6 Å². The number of amidine groups is 7. The summed E-state index contributed by atoms with van der Waals surface area (Å²) in [5.41, 5.74) is 9.56. The van der Waals surface area contributed by atoms with Crippen molar-refractivity contribution in [1.29, 1.82) is 0 Å². The topological polar surface area (TPSA) is 118 Å². The van der Waals surface area contributed by atoms with Gasteiger partial charge in [0.25, 0.3) is 0 Å². The molecule has 7 aromatic carbocycles. The predicted molar refractivity (Wildman–Crippen MR) is 524 cm³/mol. The van der Waals surface area contributed by atoms with Crippen LogP contribution in [0, 0.1) is 0 Å². The van der Waals surface area contributed by atoms with Crippen molar-refractivity contribution in [1.82, 2.24) is 34.3 Å². The summed E-state index contributed by atoms with van der Waals surface area (Å²) in [5.74, 6) is 10.9. The maximum atomic E-state index is 5.37. The van der Waals surface area contributed by atoms with E-state index in [1.807, 2.05) is 164 Å². The minimum Gasteiger partial charge on any atom is -0.372 e. The number of piperidine rings is 4. The lowest BCUT2D eigenvalue weighted by Gasteiger charge is -2.30. The third kappa shape index (κ3) is 44.3. The number of aliphatic imine (C=N–C) groups is 7. The van der Waals surface area contributed by atoms with Crippen molar-refractivity contribution in [3.05, 3.63) is 251 Å². The lowest BCUT2D eigenvalue weighted by Crippen LogP contribution is -2.41. The highest BCUT2D eigenvalue weighted by Crippen LogP contribution is 2.22. The smallest absolute Gasteiger partial charge is 0.125 e. The Balaban J connectivity index is 0.000000671. The molecule has 0 aromatic heterocycles. The van der Waals surface area contributed by atoms with E-state index in [0.717, 1.165) is 142 Å². The average molecular weight is 1630 g/mol. The molecule has 7 aliphatic heterocycles. The lowest BCUT2D eigenvalue weighted by molar-refractivity contribution is 0.113. The van der Waals surface area contributed by atoms with Crippen molar-refractivity contribution < 1.29 is 4.74 Å². The second-order valence-corrected chi connectivity index (χ2v) is 28.0. The van der Waals surface area contributed by atoms with Crippen molar-refractivity contribution in [2.45, 2.75) is 233 Å². The van der Waals surface area contributed by atoms with E-state index < -0.39 is 0 Å². The Morgan fingerprint density at radius 3 is 0.644 bits per heavy atom. The largest absolute Gasteiger partial charge is 0.372 e. The molecule has 14 rings (SSSR count). The van der Waals surface area contributed by atoms with Crippen LogP contribution in [0.5, 0.6) is 0 Å². The summed E-state index contributed by atoms with van der Waals surface area (Å²) in [4.78, 5) is 47.0. The first kappa shape index (κ1) is 107. The van der Waals surface area contributed by atoms with Crippen LogP contribution in [0.4, 0.5) is 0 Å². The molecule has 7 heterocycles. The first-order chi connectivity index (χ1) is 58.3. The van der Waals surface area contributed by atoms with Gasteiger partial charge in [-0.2, -0.15) is 11.8 Å². The fourth-order valence-corrected chi connectivity index (χ4v) is 14.8. The Morgan fingerprint density at radius 2 is 0.424 bits per heavy atom. The second-order valence-electron chi connectivity index (χ2n) is 26.9. The zero-order valence-electron chi connectivity index (χ0n) is 77.9. The Labute approximate surface area is 726 Å². The van der Waals surface area contributed by atoms with E-state index in [-0.39, 0.29) is 0 Å². The van der Waals surface area contributed by atoms with Crippen molar-refractivity contribution in [3.8, 4) is 0 Å². The van der Waals surface area contributed by atoms with Crippen LogP contribution in [-0.4, -0.2) is 195 Å². The molecular weight excluding hydrogens is 1470 g/mol. The molecule has 0 atom stereocenters. The first-order valence-corrected chi connectivity index (χ1v) is 46.3. The van der Waals surface area contributed by atoms with Gasteiger partial charge in [-0.1, -0.05) is 309 Å². The van der Waals surface area contributed by atoms with Gasteiger partial charge in [-0.05, 0) is 96.7 Å². The van der Waals surface area contributed by atoms with Crippen molar-refractivity contribution in [2.24, 2.45) is 34.9 Å². The van der Waals surface area contributed by atoms with Crippen molar-refractivity contribution in [3.63, 3.8) is 0 Å². The molecule has 16 heteroatoms. The molecule has 7 aromatic rings. The van der Waals surface area contributed by atoms with Gasteiger partial charge in [0.05, 0.1) is 41.5 Å². The van der Waals surface area contributed by atoms with Gasteiger partial charge in [0, 0.05) is 179 Å². The molecule has 118 heavy (non-hydrogen) atoms. The number of likely N-dealkylation sites (tertiary alicyclic amines) is 5. The number of rotatable bonds is 14. The molecule has 7 fully saturated rings. The van der Waals surface area contributed by atoms with Gasteiger partial charge >= 0.3 is 0 Å². The van der Waals surface area contributed by atoms with Crippen LogP contribution in [0.3, 0.4) is 0 Å². The number of morpholine rings is 1. The van der Waals surface area contributed by atoms with Gasteiger partial charge in [-0.3, -0.25) is 34.9 Å². The number of hydrogen-bond acceptors (Lipinski definition) is 9. The molecule has 15 nitrogen and oxygen atoms in total. The van der Waals surface area contributed by atoms with Gasteiger partial charge in [-0.25, -0.2) is 0 Å². The van der Waals surface area contributed by atoms with Crippen LogP contribution in [0.2, 0.25) is 0 Å². The molecule has 0 radical (unpaired) electrons. The molecule has 7 saturated heterocycles. The van der Waals surface area contributed by atoms with Crippen LogP contribution in [0.25, 0.3) is 0 Å². The van der Waals surface area contributed by atoms with E-state index in [9.17, 15) is 0 Å². The SMILES string of the molecule is CC.CC.CC.CC.CC.CC.CC.CN=C1CCCCN1Cc1ccccc1.CN=C1CCCCN1Cc1ccccc1.CN=C1CCCCN1Cc1ccccc1.CN=C1CCCCN1Cc1ccccc1.CN=C1CCCN1Cc1ccccc1.CN=C1COCCN1Cc1ccccc1.CN=C1CSCCN1Cc1ccccc1. The molecule has 7 aliphatic rings. The summed E-state index contributed by atoms with van der Waals surface area (Å²) in [6, 6.07) is 74.2. The standard InChI is InChI=1S/4C13H18N2.C12H16N2O.C12H16N2S.C12H16N2.7C2H6/c4*1-14-13-9-5-6-10-15(13)11-12-7-3-2-4-8-12;2*1-13-12-10-15-8-7-14(12)9-11-5-3-2-4-6-11;1-13-12-8-5-9-14(12)10-11-6-3-2-4-7-11;7*1-2/h4*2-4,7-8H,5-6,9-11H2,1H3;2*2-6H,7-10H2,1H3;2-4,6-7H,5,8-10H2,1H3;7*1-2H3. The zero-order valence-corrected chi connectivity index (χ0v) is 78.7. The highest BCUT2D eigenvalue weighted by Gasteiger charge is 2.22. The predicted octanol–water partition coefficient (Wildman–Crippen LogP) is 24.1. The molecule has 0 spiro atoms. The van der Waals surface area contributed by atoms with Crippen molar-refractivity contribution in [2.75, 3.05) is 120 Å². The molecule has 0 bridgehead atoms. The molecule has 0 aliphatic carbocycles. The Kier molecular flexibility index (Phi) is 66.6. The number of nitrogens with zero attached hydrogens (tertiary/aromatic N) is 14. The van der Waals surface area contributed by atoms with Gasteiger partial charge in [-0.15, -0.1) is 0 Å². The van der Waals surface area contributed by atoms with Gasteiger partial charge in [0.2, 0.25) is 0 Å². The number of thioether (sulfide) groups is 1. The van der Waals surface area contributed by atoms with Crippen LogP contribution in [-0.2, 0) is 50.6 Å². The van der Waals surface area contributed by atoms with Crippen LogP contribution in [0.1, 0.15) is 226 Å². The van der Waals surface area contributed by atoms with E-state index in [1.54, 1.807) is 0 Å². The summed E-state index contributed by atoms with van der Waals surface area (Å²) < 4.78 is 5.37. The molecule has 0 N–H and O–H groups in total. The molecule has 652 valence electrons. The third-order valence-electron chi connectivity index (χ3n) is 19.5. The summed E-state index contributed by atoms with van der Waals surface area (Å²) in [5, 5.41) is 0. The second kappa shape index (κ2) is 73.3. The Bertz CT molecular complexity index is 3130. The normalized spacial score (nSPS) is 17.5. The van der Waals surface area contributed by atoms with Crippen LogP contribution < -0.4 is 0 Å². The Morgan fingerprint density at radius 1 is 0.229 bits per heavy atom. The van der Waals surface area contributed by atoms with Gasteiger partial charge in [0.15, 0.2) is 0 Å². The maximum Gasteiger partial charge on any atom is 0.125 e. The van der Waals surface area contributed by atoms with Gasteiger partial charge in [0.1, 0.15) is 18.3 Å². The molecule has 0 saturated carbocycles. The molecular formula is C102H162N14OS. The molecule has 0 amide bonds. The maximum absolute atomic E-state index is 5.37. The number of ether oxygens (including phenoxy) is 1. The van der Waals surface area contributed by atoms with Gasteiger partial charge < -0.3 is 39.0 Å². The third-order valence-corrected chi connectivity index (χ3v) is 20.4. The highest BCUT2D eigenvalue weighted by atomic mass is 32.2.